The van der Waals surface area contributed by atoms with Crippen LogP contribution in [0.2, 0.25) is 0 Å². The van der Waals surface area contributed by atoms with Crippen LogP contribution in [0.5, 0.6) is 6.01 Å². The highest BCUT2D eigenvalue weighted by molar-refractivity contribution is 5.24. The molecular weight excluding hydrogens is 320 g/mol. The van der Waals surface area contributed by atoms with Crippen LogP contribution in [0.3, 0.4) is 0 Å². The van der Waals surface area contributed by atoms with Crippen LogP contribution in [0.4, 0.5) is 5.82 Å². The lowest BCUT2D eigenvalue weighted by Gasteiger charge is -2.36. The summed E-state index contributed by atoms with van der Waals surface area (Å²) in [5.74, 6) is 0.480. The van der Waals surface area contributed by atoms with Crippen LogP contribution in [0.1, 0.15) is 31.2 Å². The number of nitrogens with zero attached hydrogens (tertiary/aromatic N) is 4. The quantitative estimate of drug-likeness (QED) is 0.631. The lowest BCUT2D eigenvalue weighted by atomic mass is 9.89. The van der Waals surface area contributed by atoms with Crippen molar-refractivity contribution in [3.63, 3.8) is 0 Å². The summed E-state index contributed by atoms with van der Waals surface area (Å²) >= 11 is 0. The molecule has 0 radical (unpaired) electrons. The highest BCUT2D eigenvalue weighted by Crippen LogP contribution is 2.33. The Labute approximate surface area is 146 Å². The average molecular weight is 342 g/mol. The zero-order chi connectivity index (χ0) is 17.4. The van der Waals surface area contributed by atoms with Gasteiger partial charge in [-0.3, -0.25) is 9.47 Å². The molecule has 1 atom stereocenters. The number of rotatable bonds is 4. The molecule has 7 heteroatoms. The molecule has 0 amide bonds. The molecule has 132 valence electrons. The molecule has 2 aliphatic heterocycles. The van der Waals surface area contributed by atoms with Crippen LogP contribution >= 0.6 is 0 Å². The number of hydrogen-bond acceptors (Lipinski definition) is 5. The fraction of sp³-hybridized carbons (Fsp3) is 0.500. The Morgan fingerprint density at radius 2 is 2.04 bits per heavy atom. The summed E-state index contributed by atoms with van der Waals surface area (Å²) in [6, 6.07) is 11.1. The van der Waals surface area contributed by atoms with E-state index in [1.54, 1.807) is 4.57 Å². The van der Waals surface area contributed by atoms with Gasteiger partial charge in [0.1, 0.15) is 11.8 Å². The van der Waals surface area contributed by atoms with Crippen molar-refractivity contribution in [2.45, 2.75) is 37.8 Å². The van der Waals surface area contributed by atoms with Gasteiger partial charge in [-0.15, -0.1) is 0 Å². The van der Waals surface area contributed by atoms with Crippen molar-refractivity contribution >= 4 is 5.82 Å². The first-order valence-electron chi connectivity index (χ1n) is 8.70. The number of ether oxygens (including phenoxy) is 1. The largest absolute Gasteiger partial charge is 0.436 e. The zero-order valence-electron chi connectivity index (χ0n) is 14.3. The van der Waals surface area contributed by atoms with Crippen molar-refractivity contribution in [1.29, 1.82) is 0 Å². The van der Waals surface area contributed by atoms with E-state index in [1.807, 2.05) is 0 Å². The van der Waals surface area contributed by atoms with Gasteiger partial charge in [0.25, 0.3) is 0 Å². The van der Waals surface area contributed by atoms with Crippen LogP contribution in [0.25, 0.3) is 0 Å². The number of aromatic nitrogens is 2. The smallest absolute Gasteiger partial charge is 0.415 e. The van der Waals surface area contributed by atoms with Crippen molar-refractivity contribution in [2.24, 2.45) is 0 Å². The highest BCUT2D eigenvalue weighted by atomic mass is 16.6. The normalized spacial score (nSPS) is 24.0. The summed E-state index contributed by atoms with van der Waals surface area (Å²) in [5.41, 5.74) is 1.05. The molecule has 1 saturated heterocycles. The lowest BCUT2D eigenvalue weighted by molar-refractivity contribution is -0.389. The summed E-state index contributed by atoms with van der Waals surface area (Å²) < 4.78 is 7.69. The van der Waals surface area contributed by atoms with Gasteiger partial charge in [-0.1, -0.05) is 30.3 Å². The first kappa shape index (κ1) is 16.1. The predicted octanol–water partition coefficient (Wildman–Crippen LogP) is 2.82. The third kappa shape index (κ3) is 3.24. The molecule has 2 aliphatic rings. The van der Waals surface area contributed by atoms with Crippen molar-refractivity contribution in [1.82, 2.24) is 14.5 Å². The Balaban J connectivity index is 1.34. The second-order valence-electron chi connectivity index (χ2n) is 7.28. The topological polar surface area (TPSA) is 73.4 Å². The minimum absolute atomic E-state index is 0.152. The molecule has 2 aromatic rings. The van der Waals surface area contributed by atoms with Gasteiger partial charge in [0.2, 0.25) is 0 Å². The Bertz CT molecular complexity index is 742. The number of fused-ring (bicyclic) bond motifs is 1. The molecule has 4 rings (SSSR count). The molecule has 25 heavy (non-hydrogen) atoms. The van der Waals surface area contributed by atoms with Crippen LogP contribution in [-0.2, 0) is 6.54 Å². The van der Waals surface area contributed by atoms with Crippen LogP contribution in [0.15, 0.2) is 36.5 Å². The number of likely N-dealkylation sites (tertiary alicyclic amines) is 1. The highest BCUT2D eigenvalue weighted by Gasteiger charge is 2.41. The van der Waals surface area contributed by atoms with Gasteiger partial charge in [0.05, 0.1) is 6.54 Å². The SMILES string of the molecule is CC1(CN2CCC(c3ccccc3)CC2)Cn2cc([N+](=O)[O-])nc2O1. The Morgan fingerprint density at radius 3 is 2.68 bits per heavy atom. The second-order valence-corrected chi connectivity index (χ2v) is 7.28. The summed E-state index contributed by atoms with van der Waals surface area (Å²) in [6.07, 6.45) is 3.76. The van der Waals surface area contributed by atoms with Gasteiger partial charge in [-0.25, -0.2) is 0 Å². The minimum Gasteiger partial charge on any atom is -0.436 e. The van der Waals surface area contributed by atoms with E-state index in [-0.39, 0.29) is 11.4 Å². The first-order chi connectivity index (χ1) is 12.0. The van der Waals surface area contributed by atoms with E-state index in [2.05, 4.69) is 47.1 Å². The maximum atomic E-state index is 10.8. The molecule has 0 bridgehead atoms. The fourth-order valence-corrected chi connectivity index (χ4v) is 3.99. The monoisotopic (exact) mass is 342 g/mol. The standard InChI is InChI=1S/C18H22N4O3/c1-18(13-21-11-16(22(23)24)19-17(21)25-18)12-20-9-7-15(8-10-20)14-5-3-2-4-6-14/h2-6,11,15H,7-10,12-13H2,1H3. The molecule has 1 aromatic carbocycles. The van der Waals surface area contributed by atoms with Gasteiger partial charge >= 0.3 is 11.8 Å². The third-order valence-corrected chi connectivity index (χ3v) is 5.17. The molecule has 0 spiro atoms. The predicted molar refractivity (Wildman–Crippen MR) is 92.8 cm³/mol. The summed E-state index contributed by atoms with van der Waals surface area (Å²) in [6.45, 7) is 5.55. The number of nitro groups is 1. The van der Waals surface area contributed by atoms with Gasteiger partial charge in [0, 0.05) is 11.5 Å². The fourth-order valence-electron chi connectivity index (χ4n) is 3.99. The second kappa shape index (κ2) is 6.15. The van der Waals surface area contributed by atoms with Crippen LogP contribution in [-0.4, -0.2) is 44.6 Å². The molecule has 1 unspecified atom stereocenters. The Hall–Kier alpha value is -2.41. The average Bonchev–Trinajstić information content (AvgIpc) is 3.11. The molecule has 1 aromatic heterocycles. The van der Waals surface area contributed by atoms with E-state index in [9.17, 15) is 10.1 Å². The Kier molecular flexibility index (Phi) is 3.95. The minimum atomic E-state index is -0.486. The van der Waals surface area contributed by atoms with Gasteiger partial charge in [0.15, 0.2) is 0 Å². The third-order valence-electron chi connectivity index (χ3n) is 5.17. The van der Waals surface area contributed by atoms with E-state index >= 15 is 0 Å². The molecule has 7 nitrogen and oxygen atoms in total. The first-order valence-corrected chi connectivity index (χ1v) is 8.70. The summed E-state index contributed by atoms with van der Waals surface area (Å²) in [4.78, 5) is 16.7. The number of imidazole rings is 1. The lowest BCUT2D eigenvalue weighted by Crippen LogP contribution is -2.47. The molecule has 0 saturated carbocycles. The maximum absolute atomic E-state index is 10.8. The number of piperidine rings is 1. The summed E-state index contributed by atoms with van der Waals surface area (Å²) in [5, 5.41) is 10.8. The van der Waals surface area contributed by atoms with Crippen molar-refractivity contribution in [2.75, 3.05) is 19.6 Å². The molecule has 0 aliphatic carbocycles. The molecule has 3 heterocycles. The van der Waals surface area contributed by atoms with Crippen molar-refractivity contribution in [3.05, 3.63) is 52.2 Å². The van der Waals surface area contributed by atoms with Gasteiger partial charge in [-0.2, -0.15) is 0 Å². The van der Waals surface area contributed by atoms with E-state index in [0.29, 0.717) is 18.5 Å². The van der Waals surface area contributed by atoms with Gasteiger partial charge in [-0.05, 0) is 49.3 Å². The Morgan fingerprint density at radius 1 is 1.32 bits per heavy atom. The van der Waals surface area contributed by atoms with Gasteiger partial charge < -0.3 is 14.9 Å². The van der Waals surface area contributed by atoms with E-state index < -0.39 is 4.92 Å². The maximum Gasteiger partial charge on any atom is 0.415 e. The number of benzene rings is 1. The van der Waals surface area contributed by atoms with E-state index in [0.717, 1.165) is 32.5 Å². The summed E-state index contributed by atoms with van der Waals surface area (Å²) in [7, 11) is 0. The van der Waals surface area contributed by atoms with Crippen molar-refractivity contribution < 1.29 is 9.66 Å². The molecule has 0 N–H and O–H groups in total. The van der Waals surface area contributed by atoms with Crippen LogP contribution in [0, 0.1) is 10.1 Å². The zero-order valence-corrected chi connectivity index (χ0v) is 14.3. The molecular formula is C18H22N4O3. The molecule has 1 fully saturated rings. The van der Waals surface area contributed by atoms with E-state index in [1.165, 1.54) is 11.8 Å². The van der Waals surface area contributed by atoms with E-state index in [4.69, 9.17) is 4.74 Å². The van der Waals surface area contributed by atoms with Crippen molar-refractivity contribution in [3.8, 4) is 6.01 Å². The van der Waals surface area contributed by atoms with Crippen LogP contribution < -0.4 is 4.74 Å². The number of hydrogen-bond donors (Lipinski definition) is 0.